The van der Waals surface area contributed by atoms with E-state index < -0.39 is 0 Å². The maximum atomic E-state index is 13.5. The molecule has 2 fully saturated rings. The first-order valence-corrected chi connectivity index (χ1v) is 15.2. The van der Waals surface area contributed by atoms with Crippen molar-refractivity contribution in [3.63, 3.8) is 0 Å². The molecule has 232 valence electrons. The van der Waals surface area contributed by atoms with Gasteiger partial charge in [-0.05, 0) is 67.8 Å². The standard InChI is InChI=1S/C34H41N5O5/c1-24-8-4-5-9-28(24)37-18-20-38(21-19-37)29-13-11-25(33(41)35-15-7-17-39-16-6-10-32(39)40)22-27(29)36-34(42)26-12-14-30(43-2)31(23-26)44-3/h4-5,8-9,11-14,22-23H,6-7,10,15-21H2,1-3H3,(H,35,41)(H,36,42). The molecule has 0 atom stereocenters. The molecule has 2 heterocycles. The lowest BCUT2D eigenvalue weighted by atomic mass is 10.1. The van der Waals surface area contributed by atoms with Crippen LogP contribution in [0, 0.1) is 6.92 Å². The third-order valence-electron chi connectivity index (χ3n) is 8.29. The fourth-order valence-corrected chi connectivity index (χ4v) is 5.85. The number of para-hydroxylation sites is 1. The average Bonchev–Trinajstić information content (AvgIpc) is 3.47. The topological polar surface area (TPSA) is 103 Å². The molecule has 0 bridgehead atoms. The molecule has 10 heteroatoms. The van der Waals surface area contributed by atoms with Crippen LogP contribution in [0.2, 0.25) is 0 Å². The van der Waals surface area contributed by atoms with Crippen LogP contribution in [-0.4, -0.2) is 82.7 Å². The van der Waals surface area contributed by atoms with Crippen LogP contribution in [0.15, 0.2) is 60.7 Å². The number of aryl methyl sites for hydroxylation is 1. The first-order chi connectivity index (χ1) is 21.4. The van der Waals surface area contributed by atoms with E-state index >= 15 is 0 Å². The maximum Gasteiger partial charge on any atom is 0.255 e. The highest BCUT2D eigenvalue weighted by Crippen LogP contribution is 2.32. The van der Waals surface area contributed by atoms with E-state index in [0.717, 1.165) is 44.8 Å². The summed E-state index contributed by atoms with van der Waals surface area (Å²) in [7, 11) is 3.07. The number of nitrogens with zero attached hydrogens (tertiary/aromatic N) is 3. The minimum Gasteiger partial charge on any atom is -0.493 e. The van der Waals surface area contributed by atoms with E-state index in [4.69, 9.17) is 9.47 Å². The number of rotatable bonds is 11. The molecule has 3 aromatic carbocycles. The predicted molar refractivity (Wildman–Crippen MR) is 172 cm³/mol. The van der Waals surface area contributed by atoms with Crippen molar-refractivity contribution in [1.82, 2.24) is 10.2 Å². The number of carbonyl (C=O) groups is 3. The van der Waals surface area contributed by atoms with Gasteiger partial charge in [0.05, 0.1) is 25.6 Å². The molecule has 0 saturated carbocycles. The summed E-state index contributed by atoms with van der Waals surface area (Å²) >= 11 is 0. The molecule has 0 aromatic heterocycles. The minimum atomic E-state index is -0.321. The van der Waals surface area contributed by atoms with Crippen molar-refractivity contribution in [2.24, 2.45) is 0 Å². The van der Waals surface area contributed by atoms with Gasteiger partial charge in [-0.25, -0.2) is 0 Å². The molecular weight excluding hydrogens is 558 g/mol. The van der Waals surface area contributed by atoms with E-state index in [9.17, 15) is 14.4 Å². The summed E-state index contributed by atoms with van der Waals surface area (Å²) in [5.74, 6) is 0.621. The van der Waals surface area contributed by atoms with Crippen molar-refractivity contribution in [3.8, 4) is 11.5 Å². The molecule has 2 aliphatic rings. The number of ether oxygens (including phenoxy) is 2. The second kappa shape index (κ2) is 14.2. The van der Waals surface area contributed by atoms with Crippen LogP contribution in [-0.2, 0) is 4.79 Å². The highest BCUT2D eigenvalue weighted by Gasteiger charge is 2.23. The van der Waals surface area contributed by atoms with Crippen LogP contribution in [0.25, 0.3) is 0 Å². The summed E-state index contributed by atoms with van der Waals surface area (Å²) in [4.78, 5) is 44.9. The van der Waals surface area contributed by atoms with Crippen LogP contribution in [0.5, 0.6) is 11.5 Å². The molecular formula is C34H41N5O5. The Hall–Kier alpha value is -4.73. The van der Waals surface area contributed by atoms with E-state index in [1.807, 2.05) is 11.0 Å². The molecule has 3 aromatic rings. The molecule has 0 spiro atoms. The third kappa shape index (κ3) is 7.07. The van der Waals surface area contributed by atoms with Gasteiger partial charge in [0.2, 0.25) is 5.91 Å². The van der Waals surface area contributed by atoms with Crippen LogP contribution in [0.4, 0.5) is 17.1 Å². The van der Waals surface area contributed by atoms with Gasteiger partial charge in [0.1, 0.15) is 0 Å². The number of methoxy groups -OCH3 is 2. The van der Waals surface area contributed by atoms with Gasteiger partial charge in [-0.2, -0.15) is 0 Å². The van der Waals surface area contributed by atoms with Gasteiger partial charge in [-0.15, -0.1) is 0 Å². The zero-order chi connectivity index (χ0) is 31.1. The number of carbonyl (C=O) groups excluding carboxylic acids is 3. The van der Waals surface area contributed by atoms with Crippen molar-refractivity contribution in [2.45, 2.75) is 26.2 Å². The van der Waals surface area contributed by atoms with Crippen molar-refractivity contribution in [3.05, 3.63) is 77.4 Å². The van der Waals surface area contributed by atoms with Crippen molar-refractivity contribution in [2.75, 3.05) is 75.1 Å². The number of likely N-dealkylation sites (tertiary alicyclic amines) is 1. The Balaban J connectivity index is 1.32. The normalized spacial score (nSPS) is 14.9. The molecule has 2 N–H and O–H groups in total. The van der Waals surface area contributed by atoms with Gasteiger partial charge in [0, 0.05) is 69.0 Å². The Morgan fingerprint density at radius 3 is 2.16 bits per heavy atom. The molecule has 10 nitrogen and oxygen atoms in total. The van der Waals surface area contributed by atoms with Gasteiger partial charge in [-0.1, -0.05) is 18.2 Å². The van der Waals surface area contributed by atoms with E-state index in [2.05, 4.69) is 51.6 Å². The van der Waals surface area contributed by atoms with Gasteiger partial charge in [0.25, 0.3) is 11.8 Å². The smallest absolute Gasteiger partial charge is 0.255 e. The first kappa shape index (κ1) is 30.7. The monoisotopic (exact) mass is 599 g/mol. The van der Waals surface area contributed by atoms with E-state index in [0.29, 0.717) is 54.2 Å². The Bertz CT molecular complexity index is 1500. The second-order valence-electron chi connectivity index (χ2n) is 11.1. The summed E-state index contributed by atoms with van der Waals surface area (Å²) in [6.45, 7) is 7.18. The predicted octanol–water partition coefficient (Wildman–Crippen LogP) is 4.33. The van der Waals surface area contributed by atoms with Crippen LogP contribution in [0.1, 0.15) is 45.5 Å². The zero-order valence-corrected chi connectivity index (χ0v) is 25.7. The fourth-order valence-electron chi connectivity index (χ4n) is 5.85. The Morgan fingerprint density at radius 2 is 1.48 bits per heavy atom. The number of hydrogen-bond donors (Lipinski definition) is 2. The zero-order valence-electron chi connectivity index (χ0n) is 25.7. The number of hydrogen-bond acceptors (Lipinski definition) is 7. The molecule has 5 rings (SSSR count). The number of amides is 3. The fraction of sp³-hybridized carbons (Fsp3) is 0.382. The highest BCUT2D eigenvalue weighted by molar-refractivity contribution is 6.07. The van der Waals surface area contributed by atoms with E-state index in [1.165, 1.54) is 18.4 Å². The summed E-state index contributed by atoms with van der Waals surface area (Å²) in [6, 6.07) is 18.8. The molecule has 0 unspecified atom stereocenters. The minimum absolute atomic E-state index is 0.182. The lowest BCUT2D eigenvalue weighted by Gasteiger charge is -2.38. The Morgan fingerprint density at radius 1 is 0.795 bits per heavy atom. The second-order valence-corrected chi connectivity index (χ2v) is 11.1. The molecule has 0 aliphatic carbocycles. The van der Waals surface area contributed by atoms with Gasteiger partial charge < -0.3 is 34.8 Å². The van der Waals surface area contributed by atoms with E-state index in [-0.39, 0.29) is 17.7 Å². The van der Waals surface area contributed by atoms with Crippen molar-refractivity contribution < 1.29 is 23.9 Å². The van der Waals surface area contributed by atoms with Gasteiger partial charge in [-0.3, -0.25) is 14.4 Å². The SMILES string of the molecule is COc1ccc(C(=O)Nc2cc(C(=O)NCCCN3CCCC3=O)ccc2N2CCN(c3ccccc3C)CC2)cc1OC. The maximum absolute atomic E-state index is 13.5. The number of piperazine rings is 1. The van der Waals surface area contributed by atoms with Crippen molar-refractivity contribution >= 4 is 34.8 Å². The van der Waals surface area contributed by atoms with Gasteiger partial charge in [0.15, 0.2) is 11.5 Å². The summed E-state index contributed by atoms with van der Waals surface area (Å²) < 4.78 is 10.7. The molecule has 44 heavy (non-hydrogen) atoms. The van der Waals surface area contributed by atoms with E-state index in [1.54, 1.807) is 37.4 Å². The summed E-state index contributed by atoms with van der Waals surface area (Å²) in [6.07, 6.45) is 2.19. The lowest BCUT2D eigenvalue weighted by Crippen LogP contribution is -2.47. The Kier molecular flexibility index (Phi) is 9.89. The third-order valence-corrected chi connectivity index (χ3v) is 8.29. The molecule has 3 amide bonds. The summed E-state index contributed by atoms with van der Waals surface area (Å²) in [5.41, 5.74) is 4.75. The van der Waals surface area contributed by atoms with Crippen LogP contribution < -0.4 is 29.9 Å². The average molecular weight is 600 g/mol. The first-order valence-electron chi connectivity index (χ1n) is 15.2. The van der Waals surface area contributed by atoms with Gasteiger partial charge >= 0.3 is 0 Å². The molecule has 0 radical (unpaired) electrons. The summed E-state index contributed by atoms with van der Waals surface area (Å²) in [5, 5.41) is 6.02. The van der Waals surface area contributed by atoms with Crippen LogP contribution >= 0.6 is 0 Å². The number of benzene rings is 3. The largest absolute Gasteiger partial charge is 0.493 e. The molecule has 2 saturated heterocycles. The lowest BCUT2D eigenvalue weighted by molar-refractivity contribution is -0.127. The van der Waals surface area contributed by atoms with Crippen molar-refractivity contribution in [1.29, 1.82) is 0 Å². The number of anilines is 3. The Labute approximate surface area is 258 Å². The van der Waals surface area contributed by atoms with Crippen LogP contribution in [0.3, 0.4) is 0 Å². The quantitative estimate of drug-likeness (QED) is 0.316. The number of nitrogens with one attached hydrogen (secondary N) is 2. The molecule has 2 aliphatic heterocycles. The highest BCUT2D eigenvalue weighted by atomic mass is 16.5.